The van der Waals surface area contributed by atoms with Crippen molar-refractivity contribution in [2.24, 2.45) is 0 Å². The van der Waals surface area contributed by atoms with Crippen LogP contribution in [0.25, 0.3) is 11.5 Å². The Hall–Kier alpha value is -2.62. The average Bonchev–Trinajstić information content (AvgIpc) is 2.75. The van der Waals surface area contributed by atoms with Gasteiger partial charge in [-0.15, -0.1) is 0 Å². The van der Waals surface area contributed by atoms with E-state index in [0.717, 1.165) is 32.8 Å². The summed E-state index contributed by atoms with van der Waals surface area (Å²) in [4.78, 5) is 2.66. The summed E-state index contributed by atoms with van der Waals surface area (Å²) in [6.07, 6.45) is 3.55. The number of halogens is 2. The number of rotatable bonds is 8. The molecule has 1 fully saturated rings. The molecule has 1 aromatic heterocycles. The lowest BCUT2D eigenvalue weighted by Gasteiger charge is -2.26. The Balaban J connectivity index is 1.78. The zero-order valence-corrected chi connectivity index (χ0v) is 17.2. The van der Waals surface area contributed by atoms with Crippen LogP contribution in [-0.2, 0) is 4.74 Å². The third-order valence-corrected chi connectivity index (χ3v) is 4.92. The third kappa shape index (κ3) is 6.19. The van der Waals surface area contributed by atoms with Crippen LogP contribution in [0.3, 0.4) is 0 Å². The molecule has 0 radical (unpaired) electrons. The SMILES string of the molecule is O/C(=C(\C(=S)NCCN1CCOCC1)[n+]1ccccc1)c1ccc(OC(F)F)cc1. The Morgan fingerprint density at radius 1 is 1.17 bits per heavy atom. The average molecular weight is 437 g/mol. The molecule has 2 heterocycles. The van der Waals surface area contributed by atoms with Gasteiger partial charge in [-0.1, -0.05) is 18.3 Å². The first kappa shape index (κ1) is 22.1. The highest BCUT2D eigenvalue weighted by molar-refractivity contribution is 7.81. The Labute approximate surface area is 179 Å². The van der Waals surface area contributed by atoms with E-state index >= 15 is 0 Å². The van der Waals surface area contributed by atoms with E-state index in [1.54, 1.807) is 17.0 Å². The Kier molecular flexibility index (Phi) is 8.06. The number of nitrogens with zero attached hydrogens (tertiary/aromatic N) is 2. The number of morpholine rings is 1. The molecule has 0 spiro atoms. The van der Waals surface area contributed by atoms with E-state index in [0.29, 0.717) is 22.8 Å². The minimum Gasteiger partial charge on any atom is -0.502 e. The molecule has 0 unspecified atom stereocenters. The first-order valence-electron chi connectivity index (χ1n) is 9.58. The second kappa shape index (κ2) is 11.0. The van der Waals surface area contributed by atoms with Crippen LogP contribution in [0.1, 0.15) is 5.56 Å². The van der Waals surface area contributed by atoms with Crippen molar-refractivity contribution in [2.45, 2.75) is 6.61 Å². The number of thiocarbonyl (C=S) groups is 1. The highest BCUT2D eigenvalue weighted by Gasteiger charge is 2.23. The molecule has 0 bridgehead atoms. The fourth-order valence-electron chi connectivity index (χ4n) is 3.06. The number of benzene rings is 1. The van der Waals surface area contributed by atoms with Crippen molar-refractivity contribution >= 4 is 28.7 Å². The predicted molar refractivity (Wildman–Crippen MR) is 113 cm³/mol. The number of aliphatic hydroxyl groups is 1. The van der Waals surface area contributed by atoms with Crippen molar-refractivity contribution in [3.63, 3.8) is 0 Å². The molecule has 1 saturated heterocycles. The first-order chi connectivity index (χ1) is 14.5. The molecule has 1 aliphatic rings. The minimum absolute atomic E-state index is 0.0154. The molecule has 160 valence electrons. The summed E-state index contributed by atoms with van der Waals surface area (Å²) in [5, 5.41) is 14.1. The van der Waals surface area contributed by atoms with E-state index < -0.39 is 6.61 Å². The number of alkyl halides is 2. The second-order valence-corrected chi connectivity index (χ2v) is 7.00. The molecule has 0 atom stereocenters. The zero-order chi connectivity index (χ0) is 21.3. The fraction of sp³-hybridized carbons (Fsp3) is 0.333. The van der Waals surface area contributed by atoms with E-state index in [2.05, 4.69) is 15.0 Å². The third-order valence-electron chi connectivity index (χ3n) is 4.58. The maximum atomic E-state index is 12.4. The maximum Gasteiger partial charge on any atom is 0.387 e. The minimum atomic E-state index is -2.90. The topological polar surface area (TPSA) is 57.8 Å². The molecule has 9 heteroatoms. The Morgan fingerprint density at radius 3 is 2.47 bits per heavy atom. The molecule has 0 saturated carbocycles. The van der Waals surface area contributed by atoms with Gasteiger partial charge in [-0.3, -0.25) is 4.90 Å². The van der Waals surface area contributed by atoms with E-state index in [9.17, 15) is 13.9 Å². The molecular weight excluding hydrogens is 412 g/mol. The molecule has 1 aromatic carbocycles. The van der Waals surface area contributed by atoms with Crippen LogP contribution in [0, 0.1) is 0 Å². The van der Waals surface area contributed by atoms with Crippen LogP contribution < -0.4 is 14.6 Å². The number of nitrogens with one attached hydrogen (secondary N) is 1. The van der Waals surface area contributed by atoms with Gasteiger partial charge in [0.25, 0.3) is 5.70 Å². The van der Waals surface area contributed by atoms with Gasteiger partial charge < -0.3 is 19.9 Å². The van der Waals surface area contributed by atoms with Gasteiger partial charge in [-0.25, -0.2) is 0 Å². The summed E-state index contributed by atoms with van der Waals surface area (Å²) in [6.45, 7) is 1.72. The zero-order valence-electron chi connectivity index (χ0n) is 16.3. The van der Waals surface area contributed by atoms with E-state index in [1.165, 1.54) is 24.3 Å². The lowest BCUT2D eigenvalue weighted by atomic mass is 10.1. The molecule has 30 heavy (non-hydrogen) atoms. The highest BCUT2D eigenvalue weighted by atomic mass is 32.1. The second-order valence-electron chi connectivity index (χ2n) is 6.59. The van der Waals surface area contributed by atoms with Crippen molar-refractivity contribution in [1.82, 2.24) is 10.2 Å². The fourth-order valence-corrected chi connectivity index (χ4v) is 3.37. The van der Waals surface area contributed by atoms with Gasteiger partial charge in [0, 0.05) is 43.9 Å². The molecule has 1 aliphatic heterocycles. The standard InChI is InChI=1S/C21H23F2N3O3S/c22-21(23)29-17-6-4-16(5-7-17)19(27)18(26-9-2-1-3-10-26)20(30)24-8-11-25-12-14-28-15-13-25/h1-7,9-10,21H,8,11-15H2,(H-,24,27,30)/p+1. The van der Waals surface area contributed by atoms with Gasteiger partial charge in [0.2, 0.25) is 0 Å². The van der Waals surface area contributed by atoms with Crippen LogP contribution in [0.15, 0.2) is 54.9 Å². The van der Waals surface area contributed by atoms with Gasteiger partial charge in [0.05, 0.1) is 13.2 Å². The number of pyridine rings is 1. The largest absolute Gasteiger partial charge is 0.502 e. The predicted octanol–water partition coefficient (Wildman–Crippen LogP) is 2.71. The van der Waals surface area contributed by atoms with Crippen LogP contribution >= 0.6 is 12.2 Å². The number of ether oxygens (including phenoxy) is 2. The van der Waals surface area contributed by atoms with Gasteiger partial charge >= 0.3 is 6.61 Å². The van der Waals surface area contributed by atoms with Crippen molar-refractivity contribution in [3.8, 4) is 5.75 Å². The van der Waals surface area contributed by atoms with Gasteiger partial charge in [-0.2, -0.15) is 13.3 Å². The molecule has 3 rings (SSSR count). The smallest absolute Gasteiger partial charge is 0.387 e. The van der Waals surface area contributed by atoms with E-state index in [4.69, 9.17) is 17.0 Å². The van der Waals surface area contributed by atoms with Crippen molar-refractivity contribution in [2.75, 3.05) is 39.4 Å². The number of hydrogen-bond acceptors (Lipinski definition) is 5. The van der Waals surface area contributed by atoms with E-state index in [-0.39, 0.29) is 11.5 Å². The van der Waals surface area contributed by atoms with Gasteiger partial charge in [0.15, 0.2) is 23.1 Å². The summed E-state index contributed by atoms with van der Waals surface area (Å²) in [7, 11) is 0. The lowest BCUT2D eigenvalue weighted by Crippen LogP contribution is -2.44. The number of aromatic nitrogens is 1. The maximum absolute atomic E-state index is 12.4. The lowest BCUT2D eigenvalue weighted by molar-refractivity contribution is -0.576. The van der Waals surface area contributed by atoms with Crippen molar-refractivity contribution < 1.29 is 27.9 Å². The summed E-state index contributed by atoms with van der Waals surface area (Å²) in [6, 6.07) is 11.3. The molecule has 0 amide bonds. The molecule has 0 aliphatic carbocycles. The van der Waals surface area contributed by atoms with Gasteiger partial charge in [0.1, 0.15) is 5.75 Å². The summed E-state index contributed by atoms with van der Waals surface area (Å²) in [5.74, 6) is -0.0552. The quantitative estimate of drug-likeness (QED) is 0.287. The van der Waals surface area contributed by atoms with Crippen molar-refractivity contribution in [1.29, 1.82) is 0 Å². The number of aliphatic hydroxyl groups excluding tert-OH is 1. The monoisotopic (exact) mass is 436 g/mol. The van der Waals surface area contributed by atoms with Crippen LogP contribution in [0.2, 0.25) is 0 Å². The first-order valence-corrected chi connectivity index (χ1v) is 9.99. The number of hydrogen-bond donors (Lipinski definition) is 2. The summed E-state index contributed by atoms with van der Waals surface area (Å²) < 4.78 is 36.2. The van der Waals surface area contributed by atoms with E-state index in [1.807, 2.05) is 18.2 Å². The van der Waals surface area contributed by atoms with Crippen LogP contribution in [-0.4, -0.2) is 61.0 Å². The van der Waals surface area contributed by atoms with Crippen LogP contribution in [0.4, 0.5) is 8.78 Å². The molecule has 2 aromatic rings. The summed E-state index contributed by atoms with van der Waals surface area (Å²) in [5.41, 5.74) is 0.829. The summed E-state index contributed by atoms with van der Waals surface area (Å²) >= 11 is 5.57. The highest BCUT2D eigenvalue weighted by Crippen LogP contribution is 2.21. The normalized spacial score (nSPS) is 15.6. The molecule has 2 N–H and O–H groups in total. The van der Waals surface area contributed by atoms with Crippen LogP contribution in [0.5, 0.6) is 5.75 Å². The Bertz CT molecular complexity index is 858. The van der Waals surface area contributed by atoms with Crippen molar-refractivity contribution in [3.05, 3.63) is 60.4 Å². The van der Waals surface area contributed by atoms with Gasteiger partial charge in [-0.05, 0) is 24.3 Å². The molecule has 6 nitrogen and oxygen atoms in total. The Morgan fingerprint density at radius 2 is 1.83 bits per heavy atom. The molecular formula is C21H24F2N3O3S+.